The lowest BCUT2D eigenvalue weighted by Crippen LogP contribution is -2.06. The lowest BCUT2D eigenvalue weighted by atomic mass is 10.0. The van der Waals surface area contributed by atoms with Crippen molar-refractivity contribution in [3.63, 3.8) is 0 Å². The second-order valence-electron chi connectivity index (χ2n) is 17.0. The maximum atomic E-state index is 5.41. The van der Waals surface area contributed by atoms with Gasteiger partial charge in [-0.1, -0.05) is 140 Å². The minimum Gasteiger partial charge on any atom is -0.309 e. The molecule has 0 aliphatic heterocycles. The third kappa shape index (κ3) is 5.06. The van der Waals surface area contributed by atoms with Gasteiger partial charge in [-0.25, -0.2) is 9.97 Å². The fraction of sp³-hybridized carbons (Fsp3) is 0.0169. The highest BCUT2D eigenvalue weighted by molar-refractivity contribution is 6.14. The molecule has 4 heterocycles. The Kier molecular flexibility index (Phi) is 7.39. The van der Waals surface area contributed by atoms with E-state index < -0.39 is 0 Å². The van der Waals surface area contributed by atoms with Crippen LogP contribution in [0.25, 0.3) is 116 Å². The van der Waals surface area contributed by atoms with Crippen molar-refractivity contribution in [2.45, 2.75) is 6.42 Å². The van der Waals surface area contributed by atoms with E-state index in [1.807, 2.05) is 6.07 Å². The first-order valence-electron chi connectivity index (χ1n) is 22.0. The minimum atomic E-state index is 0.736. The highest BCUT2D eigenvalue weighted by Crippen LogP contribution is 2.43. The number of fused-ring (bicyclic) bond motifs is 12. The number of rotatable bonds is 5. The Morgan fingerprint density at radius 1 is 0.328 bits per heavy atom. The number of hydrogen-bond donors (Lipinski definition) is 0. The van der Waals surface area contributed by atoms with Crippen LogP contribution in [-0.2, 0) is 6.42 Å². The van der Waals surface area contributed by atoms with Gasteiger partial charge in [-0.2, -0.15) is 0 Å². The highest BCUT2D eigenvalue weighted by Gasteiger charge is 2.28. The number of aromatic nitrogens is 5. The molecule has 13 aromatic rings. The molecule has 0 bridgehead atoms. The zero-order valence-corrected chi connectivity index (χ0v) is 34.7. The molecule has 0 saturated heterocycles. The monoisotopic (exact) mass is 815 g/mol. The van der Waals surface area contributed by atoms with E-state index in [1.165, 1.54) is 76.6 Å². The molecule has 0 unspecified atom stereocenters. The zero-order chi connectivity index (χ0) is 41.9. The van der Waals surface area contributed by atoms with E-state index in [0.29, 0.717) is 0 Å². The van der Waals surface area contributed by atoms with Crippen LogP contribution in [-0.4, -0.2) is 23.7 Å². The molecule has 5 heteroatoms. The van der Waals surface area contributed by atoms with Gasteiger partial charge in [0.1, 0.15) is 5.82 Å². The lowest BCUT2D eigenvalue weighted by Gasteiger charge is -2.14. The Labute approximate surface area is 368 Å². The molecular weight excluding hydrogens is 779 g/mol. The molecule has 0 fully saturated rings. The van der Waals surface area contributed by atoms with Crippen LogP contribution in [0.4, 0.5) is 0 Å². The SMILES string of the molecule is c1ccc(-c2nc3c(c(-n4c5ccccc5c5cc(-c6ccc7c(c6)c6ccccc6n7-c6ccc7c(c6)c6ccccc6n7-c6ccccc6)ccc54)n2)Cc2ccccc2-3)cc1. The number of hydrogen-bond acceptors (Lipinski definition) is 2. The van der Waals surface area contributed by atoms with Gasteiger partial charge in [-0.15, -0.1) is 0 Å². The van der Waals surface area contributed by atoms with Crippen molar-refractivity contribution in [2.75, 3.05) is 0 Å². The number of benzene rings is 9. The maximum absolute atomic E-state index is 5.41. The summed E-state index contributed by atoms with van der Waals surface area (Å²) in [6.07, 6.45) is 0.792. The number of para-hydroxylation sites is 4. The molecule has 14 rings (SSSR count). The zero-order valence-electron chi connectivity index (χ0n) is 34.7. The molecule has 4 aromatic heterocycles. The van der Waals surface area contributed by atoms with Crippen molar-refractivity contribution in [1.29, 1.82) is 0 Å². The maximum Gasteiger partial charge on any atom is 0.162 e. The minimum absolute atomic E-state index is 0.736. The van der Waals surface area contributed by atoms with Gasteiger partial charge >= 0.3 is 0 Å². The van der Waals surface area contributed by atoms with Crippen molar-refractivity contribution >= 4 is 65.4 Å². The summed E-state index contributed by atoms with van der Waals surface area (Å²) >= 11 is 0. The molecule has 0 spiro atoms. The Morgan fingerprint density at radius 3 is 1.47 bits per heavy atom. The van der Waals surface area contributed by atoms with Crippen LogP contribution in [0, 0.1) is 0 Å². The van der Waals surface area contributed by atoms with Gasteiger partial charge in [0.15, 0.2) is 5.82 Å². The first kappa shape index (κ1) is 35.1. The van der Waals surface area contributed by atoms with Crippen LogP contribution in [0.2, 0.25) is 0 Å². The summed E-state index contributed by atoms with van der Waals surface area (Å²) in [4.78, 5) is 10.6. The second-order valence-corrected chi connectivity index (χ2v) is 17.0. The Morgan fingerprint density at radius 2 is 0.812 bits per heavy atom. The summed E-state index contributed by atoms with van der Waals surface area (Å²) in [5.41, 5.74) is 17.4. The van der Waals surface area contributed by atoms with E-state index in [-0.39, 0.29) is 0 Å². The third-order valence-electron chi connectivity index (χ3n) is 13.5. The lowest BCUT2D eigenvalue weighted by molar-refractivity contribution is 1.01. The highest BCUT2D eigenvalue weighted by atomic mass is 15.1. The molecule has 64 heavy (non-hydrogen) atoms. The summed E-state index contributed by atoms with van der Waals surface area (Å²) in [6, 6.07) is 76.9. The van der Waals surface area contributed by atoms with Gasteiger partial charge in [-0.05, 0) is 89.5 Å². The van der Waals surface area contributed by atoms with Crippen molar-refractivity contribution in [3.05, 3.63) is 223 Å². The van der Waals surface area contributed by atoms with Gasteiger partial charge in [0.25, 0.3) is 0 Å². The standard InChI is InChI=1S/C59H37N5/c1-3-15-37(16-4-1)58-60-57-43-20-8-7-17-40(43)35-50(57)59(61-58)64-53-26-14-11-22-45(53)48-34-39(28-31-56(48)64)38-27-30-54-47(33-38)44-21-9-13-25-52(44)63(54)42-29-32-55-49(36-42)46-23-10-12-24-51(46)62(55)41-18-5-2-6-19-41/h1-34,36H,35H2. The summed E-state index contributed by atoms with van der Waals surface area (Å²) in [7, 11) is 0. The first-order valence-corrected chi connectivity index (χ1v) is 22.0. The molecule has 9 aromatic carbocycles. The number of nitrogens with zero attached hydrogens (tertiary/aromatic N) is 5. The molecular formula is C59H37N5. The van der Waals surface area contributed by atoms with Gasteiger partial charge in [0, 0.05) is 66.8 Å². The van der Waals surface area contributed by atoms with Crippen molar-refractivity contribution < 1.29 is 0 Å². The Bertz CT molecular complexity index is 4040. The molecule has 1 aliphatic rings. The molecule has 0 radical (unpaired) electrons. The average molecular weight is 816 g/mol. The topological polar surface area (TPSA) is 40.6 Å². The van der Waals surface area contributed by atoms with Crippen LogP contribution in [0.15, 0.2) is 212 Å². The predicted molar refractivity (Wildman–Crippen MR) is 264 cm³/mol. The molecule has 0 atom stereocenters. The van der Waals surface area contributed by atoms with Crippen LogP contribution in [0.5, 0.6) is 0 Å². The molecule has 5 nitrogen and oxygen atoms in total. The van der Waals surface area contributed by atoms with E-state index in [4.69, 9.17) is 9.97 Å². The summed E-state index contributed by atoms with van der Waals surface area (Å²) in [5.74, 6) is 1.68. The van der Waals surface area contributed by atoms with E-state index in [2.05, 4.69) is 220 Å². The fourth-order valence-electron chi connectivity index (χ4n) is 10.6. The molecule has 0 amide bonds. The van der Waals surface area contributed by atoms with Crippen LogP contribution < -0.4 is 0 Å². The molecule has 1 aliphatic carbocycles. The summed E-state index contributed by atoms with van der Waals surface area (Å²) < 4.78 is 7.18. The van der Waals surface area contributed by atoms with E-state index in [0.717, 1.165) is 57.3 Å². The van der Waals surface area contributed by atoms with E-state index in [9.17, 15) is 0 Å². The van der Waals surface area contributed by atoms with Crippen LogP contribution >= 0.6 is 0 Å². The first-order chi connectivity index (χ1) is 31.7. The van der Waals surface area contributed by atoms with Gasteiger partial charge in [-0.3, -0.25) is 4.57 Å². The molecule has 0 saturated carbocycles. The predicted octanol–water partition coefficient (Wildman–Crippen LogP) is 14.7. The third-order valence-corrected chi connectivity index (χ3v) is 13.5. The quantitative estimate of drug-likeness (QED) is 0.174. The Balaban J connectivity index is 0.936. The van der Waals surface area contributed by atoms with Crippen molar-refractivity contribution in [3.8, 4) is 51.0 Å². The largest absolute Gasteiger partial charge is 0.309 e. The summed E-state index contributed by atoms with van der Waals surface area (Å²) in [5, 5.41) is 7.34. The van der Waals surface area contributed by atoms with Crippen molar-refractivity contribution in [2.24, 2.45) is 0 Å². The van der Waals surface area contributed by atoms with E-state index >= 15 is 0 Å². The van der Waals surface area contributed by atoms with Crippen LogP contribution in [0.3, 0.4) is 0 Å². The van der Waals surface area contributed by atoms with Gasteiger partial charge in [0.2, 0.25) is 0 Å². The van der Waals surface area contributed by atoms with Gasteiger partial charge in [0.05, 0.1) is 38.8 Å². The van der Waals surface area contributed by atoms with Gasteiger partial charge < -0.3 is 9.13 Å². The Hall–Kier alpha value is -8.54. The second kappa shape index (κ2) is 13.5. The normalized spacial score (nSPS) is 12.3. The molecule has 0 N–H and O–H groups in total. The fourth-order valence-corrected chi connectivity index (χ4v) is 10.6. The van der Waals surface area contributed by atoms with Crippen LogP contribution in [0.1, 0.15) is 11.1 Å². The molecule has 298 valence electrons. The van der Waals surface area contributed by atoms with Crippen molar-refractivity contribution in [1.82, 2.24) is 23.7 Å². The summed E-state index contributed by atoms with van der Waals surface area (Å²) in [6.45, 7) is 0. The smallest absolute Gasteiger partial charge is 0.162 e. The average Bonchev–Trinajstić information content (AvgIpc) is 4.10. The van der Waals surface area contributed by atoms with E-state index in [1.54, 1.807) is 0 Å².